The first-order chi connectivity index (χ1) is 61.1. The van der Waals surface area contributed by atoms with E-state index < -0.39 is 298 Å². The standard InChI is InChI=1S/C37H40F4N4O2S.C36H38F4N4O2S/c1-4-43(5-2)19-20-44(22-26-9-13-28(14-10-26)29-15-18-32(25(3)21-29)37(39,40)41)34(46)23-45-33-8-6-7-31(33)35(47)42-36(45)48-24-27-11-16-30(38)17-12-27;1-3-42(4-2)20-21-43(22-25-8-12-27(13-9-25)28-14-16-29(17-15-28)36(38,39)40)33(45)23-44-32-7-5-6-31(32)34(46)41-35(44)47-24-26-10-18-30(37)19-11-26/h9-18,21H,4-8,19-20,22-24H2,1-3H3;8-19H,3-7,20-24H2,1-2H3/i4D2,5D2,6D2,7D2,8D2,9D,10D,13D,14D,15D,18D,19D2,20D2,21D,23D2,24D2;3D2,4D2,10D,11D,18D,19D,20D2,21D2,23D2,24D2. The number of alkyl halides is 6. The lowest BCUT2D eigenvalue weighted by molar-refractivity contribution is -0.138. The fourth-order valence-electron chi connectivity index (χ4n) is 8.58. The molecule has 6 aromatic carbocycles. The number of halogens is 8. The Kier molecular flexibility index (Phi) is 12.0. The first-order valence-corrected chi connectivity index (χ1v) is 29.3. The van der Waals surface area contributed by atoms with Gasteiger partial charge in [0.25, 0.3) is 11.1 Å². The Labute approximate surface area is 615 Å². The third kappa shape index (κ3) is 19.0. The molecule has 0 bridgehead atoms. The largest absolute Gasteiger partial charge is 0.416 e. The molecule has 0 atom stereocenters. The van der Waals surface area contributed by atoms with Crippen LogP contribution < -0.4 is 11.1 Å². The summed E-state index contributed by atoms with van der Waals surface area (Å²) in [7, 11) is 0. The number of carbonyl (C=O) groups excluding carboxylic acids is 2. The Morgan fingerprint density at radius 1 is 0.547 bits per heavy atom. The van der Waals surface area contributed by atoms with Crippen molar-refractivity contribution in [3.63, 3.8) is 0 Å². The van der Waals surface area contributed by atoms with Crippen molar-refractivity contribution in [1.29, 1.82) is 0 Å². The Morgan fingerprint density at radius 3 is 1.59 bits per heavy atom. The van der Waals surface area contributed by atoms with Crippen molar-refractivity contribution in [3.8, 4) is 22.3 Å². The van der Waals surface area contributed by atoms with E-state index in [9.17, 15) is 57.7 Å². The summed E-state index contributed by atoms with van der Waals surface area (Å²) in [5.41, 5.74) is -20.8. The van der Waals surface area contributed by atoms with Crippen molar-refractivity contribution >= 4 is 35.3 Å². The van der Waals surface area contributed by atoms with Gasteiger partial charge in [0, 0.05) is 103 Å². The van der Waals surface area contributed by atoms with E-state index in [0.717, 1.165) is 50.2 Å². The summed E-state index contributed by atoms with van der Waals surface area (Å²) in [5, 5.41) is -2.38. The molecule has 0 unspecified atom stereocenters. The minimum absolute atomic E-state index is 0.0100. The second kappa shape index (κ2) is 32.7. The number of aromatic nitrogens is 4. The minimum atomic E-state index is -5.31. The van der Waals surface area contributed by atoms with Gasteiger partial charge in [-0.1, -0.05) is 148 Å². The molecule has 502 valence electrons. The highest BCUT2D eigenvalue weighted by molar-refractivity contribution is 7.98. The van der Waals surface area contributed by atoms with Crippen LogP contribution in [0.4, 0.5) is 35.1 Å². The number of benzene rings is 6. The molecule has 0 fully saturated rings. The lowest BCUT2D eigenvalue weighted by atomic mass is 9.98. The fraction of sp³-hybridized carbons (Fsp3) is 0.370. The van der Waals surface area contributed by atoms with Crippen LogP contribution in [0.25, 0.3) is 22.3 Å². The number of amides is 2. The van der Waals surface area contributed by atoms with E-state index in [1.54, 1.807) is 0 Å². The molecule has 0 saturated heterocycles. The first-order valence-electron chi connectivity index (χ1n) is 48.1. The molecule has 0 radical (unpaired) electrons. The zero-order valence-corrected chi connectivity index (χ0v) is 51.6. The summed E-state index contributed by atoms with van der Waals surface area (Å²) in [4.78, 5) is 63.6. The topological polar surface area (TPSA) is 117 Å². The van der Waals surface area contributed by atoms with E-state index in [0.29, 0.717) is 36.5 Å². The highest BCUT2D eigenvalue weighted by atomic mass is 32.2. The minimum Gasteiger partial charge on any atom is -0.336 e. The number of fused-ring (bicyclic) bond motifs is 2. The van der Waals surface area contributed by atoms with Gasteiger partial charge in [0.1, 0.15) is 24.6 Å². The van der Waals surface area contributed by atoms with Gasteiger partial charge in [0.05, 0.1) is 37.2 Å². The number of hydrogen-bond acceptors (Lipinski definition) is 10. The number of hydrogen-bond donors (Lipinski definition) is 0. The van der Waals surface area contributed by atoms with E-state index in [1.165, 1.54) is 36.4 Å². The molecule has 2 aliphatic carbocycles. The maximum atomic E-state index is 15.4. The average Bonchev–Trinajstić information content (AvgIpc) is 1.51. The SMILES string of the molecule is [2H]c1c([2H])c(-c2c([2H])c([2H])c(C(F)(F)F)c(C)c2[2H])c([2H])c([2H])c1CN(C(=O)C([2H])([2H])n1c(SC([2H])([2H])c2ccc(F)cc2)nc(=O)c2c1C([2H])([2H])C([2H])([2H])C2([2H])[2H])C([2H])([2H])C([2H])([2H])N(C([2H])([2H])C)C([2H])([2H])C.[2H]c1c([2H])c(C([2H])([2H])Sc2nc(=O)c3c(n2C([2H])([2H])C(=O)N(Cc2ccc(-c4ccc(C(F)(F)F)cc4)cc2)C([2H])([2H])C([2H])([2H])N(C([2H])([2H])C)C([2H])([2H])C)CCC3)c([2H])c([2H])c1F. The highest BCUT2D eigenvalue weighted by Gasteiger charge is 2.33. The summed E-state index contributed by atoms with van der Waals surface area (Å²) in [6.07, 6.45) is -21.6. The number of carbonyl (C=O) groups is 2. The third-order valence-corrected chi connectivity index (χ3v) is 14.8. The number of rotatable bonds is 26. The van der Waals surface area contributed by atoms with Gasteiger partial charge in [-0.15, -0.1) is 0 Å². The molecule has 2 amide bonds. The molecule has 10 rings (SSSR count). The van der Waals surface area contributed by atoms with E-state index in [2.05, 4.69) is 9.97 Å². The van der Waals surface area contributed by atoms with Crippen molar-refractivity contribution < 1.29 is 101 Å². The molecule has 2 aliphatic rings. The van der Waals surface area contributed by atoms with Crippen molar-refractivity contribution in [2.24, 2.45) is 0 Å². The van der Waals surface area contributed by atoms with E-state index in [1.807, 2.05) is 0 Å². The van der Waals surface area contributed by atoms with Gasteiger partial charge in [0.2, 0.25) is 11.8 Å². The van der Waals surface area contributed by atoms with E-state index in [-0.39, 0.29) is 74.0 Å². The average molecular weight is 1390 g/mol. The maximum Gasteiger partial charge on any atom is 0.416 e. The number of nitrogens with zero attached hydrogens (tertiary/aromatic N) is 8. The lowest BCUT2D eigenvalue weighted by Gasteiger charge is -2.28. The molecule has 22 heteroatoms. The van der Waals surface area contributed by atoms with Crippen LogP contribution in [0, 0.1) is 18.6 Å². The predicted molar refractivity (Wildman–Crippen MR) is 358 cm³/mol. The third-order valence-electron chi connectivity index (χ3n) is 13.2. The smallest absolute Gasteiger partial charge is 0.336 e. The van der Waals surface area contributed by atoms with Crippen LogP contribution in [-0.2, 0) is 85.0 Å². The van der Waals surface area contributed by atoms with Gasteiger partial charge in [-0.3, -0.25) is 19.2 Å². The van der Waals surface area contributed by atoms with Crippen LogP contribution in [0.5, 0.6) is 0 Å². The van der Waals surface area contributed by atoms with Crippen LogP contribution in [0.2, 0.25) is 0 Å². The van der Waals surface area contributed by atoms with Crippen molar-refractivity contribution in [3.05, 3.63) is 233 Å². The predicted octanol–water partition coefficient (Wildman–Crippen LogP) is 14.7. The molecule has 95 heavy (non-hydrogen) atoms. The molecular formula is C73H78F8N8O4S2. The Morgan fingerprint density at radius 2 is 1.04 bits per heavy atom. The second-order valence-electron chi connectivity index (χ2n) is 19.4. The van der Waals surface area contributed by atoms with Crippen LogP contribution in [0.3, 0.4) is 0 Å². The maximum absolute atomic E-state index is 15.4. The van der Waals surface area contributed by atoms with E-state index >= 15 is 4.79 Å². The molecule has 2 aromatic heterocycles. The van der Waals surface area contributed by atoms with Crippen molar-refractivity contribution in [2.75, 3.05) is 52.0 Å². The summed E-state index contributed by atoms with van der Waals surface area (Å²) >= 11 is -0.487. The molecule has 0 spiro atoms. The Hall–Kier alpha value is -7.92. The van der Waals surface area contributed by atoms with Gasteiger partial charge < -0.3 is 28.7 Å². The second-order valence-corrected chi connectivity index (χ2v) is 21.0. The van der Waals surface area contributed by atoms with Crippen LogP contribution in [0.1, 0.15) is 158 Å². The zero-order chi connectivity index (χ0) is 104. The summed E-state index contributed by atoms with van der Waals surface area (Å²) in [6.45, 7) is -37.1. The van der Waals surface area contributed by atoms with Crippen LogP contribution in [-0.4, -0.2) is 102 Å². The first kappa shape index (κ1) is 34.8. The summed E-state index contributed by atoms with van der Waals surface area (Å²) in [5.74, 6) is -7.04. The monoisotopic (exact) mass is 1390 g/mol. The van der Waals surface area contributed by atoms with Gasteiger partial charge in [-0.05, 0) is 164 Å². The molecule has 8 aromatic rings. The van der Waals surface area contributed by atoms with Gasteiger partial charge in [0.15, 0.2) is 10.3 Å². The highest BCUT2D eigenvalue weighted by Crippen LogP contribution is 2.36. The Balaban J connectivity index is 0.000000308. The lowest BCUT2D eigenvalue weighted by Crippen LogP contribution is -2.40. The van der Waals surface area contributed by atoms with E-state index in [4.69, 9.17) is 48.0 Å². The van der Waals surface area contributed by atoms with Crippen LogP contribution >= 0.6 is 23.5 Å². The molecule has 0 N–H and O–H groups in total. The summed E-state index contributed by atoms with van der Waals surface area (Å²) in [6, 6.07) is -2.09. The van der Waals surface area contributed by atoms with Crippen molar-refractivity contribution in [1.82, 2.24) is 38.7 Å². The fourth-order valence-corrected chi connectivity index (χ4v) is 9.96. The number of likely N-dealkylation sites (N-methyl/N-ethyl adjacent to an activating group) is 2. The molecule has 12 nitrogen and oxygen atoms in total. The molecule has 0 aliphatic heterocycles. The van der Waals surface area contributed by atoms with Gasteiger partial charge >= 0.3 is 12.4 Å². The normalized spacial score (nSPS) is 22.5. The van der Waals surface area contributed by atoms with Crippen molar-refractivity contribution in [2.45, 2.75) is 133 Å². The Bertz CT molecular complexity index is 6080. The summed E-state index contributed by atoms with van der Waals surface area (Å²) < 4.78 is 466. The molecular weight excluding hydrogens is 1270 g/mol. The van der Waals surface area contributed by atoms with Crippen LogP contribution in [0.15, 0.2) is 159 Å². The molecule has 0 saturated carbocycles. The zero-order valence-electron chi connectivity index (χ0n) is 91.0. The quantitative estimate of drug-likeness (QED) is 0.0295. The van der Waals surface area contributed by atoms with Gasteiger partial charge in [-0.2, -0.15) is 36.3 Å². The molecule has 2 heterocycles. The van der Waals surface area contributed by atoms with Gasteiger partial charge in [-0.25, -0.2) is 8.78 Å². The number of thioether (sulfide) groups is 2.